The zero-order chi connectivity index (χ0) is 12.7. The number of anilines is 1. The van der Waals surface area contributed by atoms with E-state index in [-0.39, 0.29) is 18.2 Å². The molecule has 0 saturated heterocycles. The van der Waals surface area contributed by atoms with Gasteiger partial charge in [-0.05, 0) is 37.3 Å². The second-order valence-corrected chi connectivity index (χ2v) is 5.37. The molecule has 1 saturated carbocycles. The molecule has 1 atom stereocenters. The van der Waals surface area contributed by atoms with Crippen LogP contribution in [0, 0.1) is 24.2 Å². The topological polar surface area (TPSA) is 44.1 Å². The van der Waals surface area contributed by atoms with E-state index in [0.29, 0.717) is 5.92 Å². The summed E-state index contributed by atoms with van der Waals surface area (Å²) in [4.78, 5) is 14.3. The van der Waals surface area contributed by atoms with Crippen LogP contribution in [0.1, 0.15) is 36.3 Å². The van der Waals surface area contributed by atoms with Crippen molar-refractivity contribution >= 4 is 11.6 Å². The summed E-state index contributed by atoms with van der Waals surface area (Å²) in [5.41, 5.74) is 3.22. The van der Waals surface area contributed by atoms with Gasteiger partial charge in [0.2, 0.25) is 5.91 Å². The van der Waals surface area contributed by atoms with Crippen molar-refractivity contribution in [3.05, 3.63) is 29.3 Å². The molecule has 0 N–H and O–H groups in total. The van der Waals surface area contributed by atoms with Crippen LogP contribution in [-0.2, 0) is 4.79 Å². The summed E-state index contributed by atoms with van der Waals surface area (Å²) in [5, 5.41) is 8.90. The third-order valence-corrected chi connectivity index (χ3v) is 3.85. The molecule has 0 aromatic heterocycles. The standard InChI is InChI=1S/C15H16N2O/c1-10-2-5-14-13(8-10)12(6-7-16)15(18)17(14)9-11-3-4-11/h2,5,8,11-12H,3-4,6,9H2,1H3. The smallest absolute Gasteiger partial charge is 0.235 e. The van der Waals surface area contributed by atoms with Gasteiger partial charge in [0, 0.05) is 12.2 Å². The second kappa shape index (κ2) is 4.13. The van der Waals surface area contributed by atoms with Crippen LogP contribution < -0.4 is 4.90 Å². The summed E-state index contributed by atoms with van der Waals surface area (Å²) in [5.74, 6) is 0.539. The van der Waals surface area contributed by atoms with Gasteiger partial charge in [-0.1, -0.05) is 17.7 Å². The fourth-order valence-corrected chi connectivity index (χ4v) is 2.67. The lowest BCUT2D eigenvalue weighted by Crippen LogP contribution is -2.30. The second-order valence-electron chi connectivity index (χ2n) is 5.37. The lowest BCUT2D eigenvalue weighted by molar-refractivity contribution is -0.119. The predicted octanol–water partition coefficient (Wildman–Crippen LogP) is 2.75. The number of rotatable bonds is 3. The zero-order valence-electron chi connectivity index (χ0n) is 10.5. The minimum absolute atomic E-state index is 0.115. The highest BCUT2D eigenvalue weighted by Gasteiger charge is 2.39. The van der Waals surface area contributed by atoms with Crippen LogP contribution in [0.15, 0.2) is 18.2 Å². The van der Waals surface area contributed by atoms with E-state index in [1.165, 1.54) is 12.8 Å². The fraction of sp³-hybridized carbons (Fsp3) is 0.467. The van der Waals surface area contributed by atoms with Gasteiger partial charge in [0.05, 0.1) is 18.4 Å². The molecular weight excluding hydrogens is 224 g/mol. The summed E-state index contributed by atoms with van der Waals surface area (Å²) in [7, 11) is 0. The van der Waals surface area contributed by atoms with Gasteiger partial charge in [-0.2, -0.15) is 5.26 Å². The van der Waals surface area contributed by atoms with E-state index in [9.17, 15) is 4.79 Å². The van der Waals surface area contributed by atoms with Gasteiger partial charge in [-0.3, -0.25) is 4.79 Å². The molecule has 1 aromatic rings. The summed E-state index contributed by atoms with van der Waals surface area (Å²) in [6.45, 7) is 2.86. The van der Waals surface area contributed by atoms with E-state index in [2.05, 4.69) is 12.1 Å². The van der Waals surface area contributed by atoms with Crippen molar-refractivity contribution in [3.8, 4) is 6.07 Å². The lowest BCUT2D eigenvalue weighted by atomic mass is 9.96. The highest BCUT2D eigenvalue weighted by molar-refractivity contribution is 6.05. The highest BCUT2D eigenvalue weighted by Crippen LogP contribution is 2.42. The SMILES string of the molecule is Cc1ccc2c(c1)C(CC#N)C(=O)N2CC1CC1. The Morgan fingerprint density at radius 1 is 1.44 bits per heavy atom. The maximum atomic E-state index is 12.4. The fourth-order valence-electron chi connectivity index (χ4n) is 2.67. The van der Waals surface area contributed by atoms with Crippen LogP contribution in [0.4, 0.5) is 5.69 Å². The Bertz CT molecular complexity index is 540. The van der Waals surface area contributed by atoms with Gasteiger partial charge in [-0.25, -0.2) is 0 Å². The molecule has 3 nitrogen and oxygen atoms in total. The number of carbonyl (C=O) groups excluding carboxylic acids is 1. The largest absolute Gasteiger partial charge is 0.311 e. The third-order valence-electron chi connectivity index (χ3n) is 3.85. The monoisotopic (exact) mass is 240 g/mol. The van der Waals surface area contributed by atoms with E-state index in [1.807, 2.05) is 24.0 Å². The first kappa shape index (κ1) is 11.3. The van der Waals surface area contributed by atoms with Crippen LogP contribution in [0.2, 0.25) is 0 Å². The summed E-state index contributed by atoms with van der Waals surface area (Å²) < 4.78 is 0. The molecule has 1 fully saturated rings. The number of carbonyl (C=O) groups is 1. The summed E-state index contributed by atoms with van der Waals surface area (Å²) in [6.07, 6.45) is 2.75. The van der Waals surface area contributed by atoms with Crippen LogP contribution in [0.5, 0.6) is 0 Å². The molecule has 2 aliphatic rings. The number of nitrogens with zero attached hydrogens (tertiary/aromatic N) is 2. The summed E-state index contributed by atoms with van der Waals surface area (Å²) >= 11 is 0. The molecular formula is C15H16N2O. The Morgan fingerprint density at radius 3 is 2.89 bits per heavy atom. The van der Waals surface area contributed by atoms with Gasteiger partial charge in [0.1, 0.15) is 0 Å². The minimum Gasteiger partial charge on any atom is -0.311 e. The van der Waals surface area contributed by atoms with E-state index >= 15 is 0 Å². The number of hydrogen-bond acceptors (Lipinski definition) is 2. The molecule has 0 radical (unpaired) electrons. The van der Waals surface area contributed by atoms with Crippen molar-refractivity contribution in [2.45, 2.75) is 32.1 Å². The van der Waals surface area contributed by atoms with Crippen molar-refractivity contribution in [3.63, 3.8) is 0 Å². The molecule has 0 bridgehead atoms. The Hall–Kier alpha value is -1.82. The average molecular weight is 240 g/mol. The van der Waals surface area contributed by atoms with Crippen LogP contribution >= 0.6 is 0 Å². The lowest BCUT2D eigenvalue weighted by Gasteiger charge is -2.17. The Labute approximate surface area is 107 Å². The van der Waals surface area contributed by atoms with Gasteiger partial charge in [-0.15, -0.1) is 0 Å². The molecule has 0 spiro atoms. The highest BCUT2D eigenvalue weighted by atomic mass is 16.2. The van der Waals surface area contributed by atoms with E-state index in [0.717, 1.165) is 23.4 Å². The van der Waals surface area contributed by atoms with Crippen molar-refractivity contribution < 1.29 is 4.79 Å². The molecule has 1 amide bonds. The summed E-state index contributed by atoms with van der Waals surface area (Å²) in [6, 6.07) is 8.27. The molecule has 1 aliphatic carbocycles. The third kappa shape index (κ3) is 1.78. The number of fused-ring (bicyclic) bond motifs is 1. The van der Waals surface area contributed by atoms with Gasteiger partial charge < -0.3 is 4.90 Å². The van der Waals surface area contributed by atoms with Crippen LogP contribution in [0.3, 0.4) is 0 Å². The number of aryl methyl sites for hydroxylation is 1. The number of hydrogen-bond donors (Lipinski definition) is 0. The van der Waals surface area contributed by atoms with Crippen molar-refractivity contribution in [2.75, 3.05) is 11.4 Å². The maximum absolute atomic E-state index is 12.4. The van der Waals surface area contributed by atoms with E-state index in [1.54, 1.807) is 0 Å². The molecule has 1 aliphatic heterocycles. The Kier molecular flexibility index (Phi) is 2.59. The van der Waals surface area contributed by atoms with Crippen LogP contribution in [-0.4, -0.2) is 12.5 Å². The minimum atomic E-state index is -0.247. The van der Waals surface area contributed by atoms with Crippen molar-refractivity contribution in [2.24, 2.45) is 5.92 Å². The average Bonchev–Trinajstić information content (AvgIpc) is 3.12. The molecule has 92 valence electrons. The van der Waals surface area contributed by atoms with E-state index in [4.69, 9.17) is 5.26 Å². The first-order chi connectivity index (χ1) is 8.70. The Balaban J connectivity index is 1.99. The quantitative estimate of drug-likeness (QED) is 0.815. The molecule has 3 heteroatoms. The van der Waals surface area contributed by atoms with Gasteiger partial charge >= 0.3 is 0 Å². The molecule has 1 unspecified atom stereocenters. The zero-order valence-corrected chi connectivity index (χ0v) is 10.5. The number of benzene rings is 1. The van der Waals surface area contributed by atoms with Gasteiger partial charge in [0.25, 0.3) is 0 Å². The Morgan fingerprint density at radius 2 is 2.22 bits per heavy atom. The van der Waals surface area contributed by atoms with Crippen molar-refractivity contribution in [1.82, 2.24) is 0 Å². The number of nitriles is 1. The molecule has 3 rings (SSSR count). The first-order valence-electron chi connectivity index (χ1n) is 6.49. The first-order valence-corrected chi connectivity index (χ1v) is 6.49. The molecule has 18 heavy (non-hydrogen) atoms. The van der Waals surface area contributed by atoms with Crippen molar-refractivity contribution in [1.29, 1.82) is 5.26 Å². The molecule has 1 aromatic carbocycles. The maximum Gasteiger partial charge on any atom is 0.235 e. The van der Waals surface area contributed by atoms with Gasteiger partial charge in [0.15, 0.2) is 0 Å². The molecule has 1 heterocycles. The van der Waals surface area contributed by atoms with E-state index < -0.39 is 0 Å². The normalized spacial score (nSPS) is 21.9. The number of amides is 1. The predicted molar refractivity (Wildman–Crippen MR) is 69.2 cm³/mol. The van der Waals surface area contributed by atoms with Crippen LogP contribution in [0.25, 0.3) is 0 Å².